The van der Waals surface area contributed by atoms with Gasteiger partial charge in [0.15, 0.2) is 0 Å². The number of rotatable bonds is 9. The van der Waals surface area contributed by atoms with Crippen molar-refractivity contribution in [2.24, 2.45) is 0 Å². The molecule has 0 radical (unpaired) electrons. The summed E-state index contributed by atoms with van der Waals surface area (Å²) in [7, 11) is 0. The van der Waals surface area contributed by atoms with Crippen molar-refractivity contribution in [1.29, 1.82) is 0 Å². The molecule has 7 heteroatoms. The van der Waals surface area contributed by atoms with Gasteiger partial charge in [0, 0.05) is 30.5 Å². The van der Waals surface area contributed by atoms with E-state index in [1.54, 1.807) is 11.8 Å². The van der Waals surface area contributed by atoms with E-state index in [0.717, 1.165) is 24.5 Å². The van der Waals surface area contributed by atoms with Gasteiger partial charge in [0.05, 0.1) is 43.6 Å². The fraction of sp³-hybridized carbons (Fsp3) is 0.667. The molecule has 156 valence electrons. The number of nitrogens with zero attached hydrogens (tertiary/aromatic N) is 1. The van der Waals surface area contributed by atoms with Crippen LogP contribution >= 0.6 is 11.8 Å². The number of hydrogen-bond donors (Lipinski definition) is 1. The van der Waals surface area contributed by atoms with E-state index in [-0.39, 0.29) is 5.91 Å². The number of hydrogen-bond acceptors (Lipinski definition) is 6. The first-order valence-electron chi connectivity index (χ1n) is 10.4. The minimum atomic E-state index is 0.0134. The molecule has 0 spiro atoms. The quantitative estimate of drug-likeness (QED) is 0.668. The maximum atomic E-state index is 12.5. The Balaban J connectivity index is 1.75. The highest BCUT2D eigenvalue weighted by Gasteiger charge is 2.21. The Morgan fingerprint density at radius 2 is 1.82 bits per heavy atom. The third-order valence-corrected chi connectivity index (χ3v) is 6.41. The number of thioether (sulfide) groups is 1. The topological polar surface area (TPSA) is 60.0 Å². The second kappa shape index (κ2) is 10.8. The highest BCUT2D eigenvalue weighted by molar-refractivity contribution is 8.00. The summed E-state index contributed by atoms with van der Waals surface area (Å²) in [5.41, 5.74) is 1.67. The second-order valence-electron chi connectivity index (χ2n) is 7.05. The first kappa shape index (κ1) is 21.1. The Morgan fingerprint density at radius 3 is 2.50 bits per heavy atom. The lowest BCUT2D eigenvalue weighted by atomic mass is 10.2. The minimum Gasteiger partial charge on any atom is -0.492 e. The molecule has 1 aliphatic carbocycles. The standard InChI is InChI=1S/C21H32N2O4S/c1-3-26-19-14-18(23-9-11-25-12-10-23)20(27-4-2)13-17(19)22-21(24)15-28-16-7-5-6-8-16/h13-14,16H,3-12,15H2,1-2H3,(H,22,24). The highest BCUT2D eigenvalue weighted by Crippen LogP contribution is 2.39. The van der Waals surface area contributed by atoms with Crippen molar-refractivity contribution in [1.82, 2.24) is 0 Å². The molecule has 0 unspecified atom stereocenters. The van der Waals surface area contributed by atoms with Crippen LogP contribution in [0.25, 0.3) is 0 Å². The van der Waals surface area contributed by atoms with Crippen LogP contribution in [-0.2, 0) is 9.53 Å². The van der Waals surface area contributed by atoms with Gasteiger partial charge in [0.25, 0.3) is 0 Å². The lowest BCUT2D eigenvalue weighted by Gasteiger charge is -2.31. The number of ether oxygens (including phenoxy) is 3. The van der Waals surface area contributed by atoms with Crippen LogP contribution in [0.1, 0.15) is 39.5 Å². The van der Waals surface area contributed by atoms with Gasteiger partial charge in [-0.3, -0.25) is 4.79 Å². The SMILES string of the molecule is CCOc1cc(N2CCOCC2)c(OCC)cc1NC(=O)CSC1CCCC1. The lowest BCUT2D eigenvalue weighted by Crippen LogP contribution is -2.36. The number of carbonyl (C=O) groups is 1. The number of amides is 1. The van der Waals surface area contributed by atoms with Gasteiger partial charge in [0.1, 0.15) is 11.5 Å². The third-order valence-electron chi connectivity index (χ3n) is 5.04. The summed E-state index contributed by atoms with van der Waals surface area (Å²) in [6.45, 7) is 8.05. The third kappa shape index (κ3) is 5.70. The van der Waals surface area contributed by atoms with E-state index in [1.807, 2.05) is 26.0 Å². The van der Waals surface area contributed by atoms with Crippen LogP contribution in [0.2, 0.25) is 0 Å². The predicted octanol–water partition coefficient (Wildman–Crippen LogP) is 3.93. The number of nitrogens with one attached hydrogen (secondary N) is 1. The second-order valence-corrected chi connectivity index (χ2v) is 8.34. The van der Waals surface area contributed by atoms with Crippen LogP contribution in [0.4, 0.5) is 11.4 Å². The average molecular weight is 409 g/mol. The molecule has 0 bridgehead atoms. The van der Waals surface area contributed by atoms with Gasteiger partial charge >= 0.3 is 0 Å². The molecule has 6 nitrogen and oxygen atoms in total. The maximum absolute atomic E-state index is 12.5. The number of morpholine rings is 1. The van der Waals surface area contributed by atoms with Gasteiger partial charge in [-0.1, -0.05) is 12.8 Å². The van der Waals surface area contributed by atoms with Crippen LogP contribution < -0.4 is 19.7 Å². The molecule has 3 rings (SSSR count). The first-order chi connectivity index (χ1) is 13.7. The van der Waals surface area contributed by atoms with Crippen LogP contribution in [0.3, 0.4) is 0 Å². The fourth-order valence-corrected chi connectivity index (χ4v) is 4.81. The first-order valence-corrected chi connectivity index (χ1v) is 11.4. The summed E-state index contributed by atoms with van der Waals surface area (Å²) >= 11 is 1.76. The summed E-state index contributed by atoms with van der Waals surface area (Å²) in [6, 6.07) is 3.89. The van der Waals surface area contributed by atoms with Crippen molar-refractivity contribution in [3.05, 3.63) is 12.1 Å². The number of benzene rings is 1. The predicted molar refractivity (Wildman–Crippen MR) is 115 cm³/mol. The number of carbonyl (C=O) groups excluding carboxylic acids is 1. The summed E-state index contributed by atoms with van der Waals surface area (Å²) in [5, 5.41) is 3.67. The number of anilines is 2. The summed E-state index contributed by atoms with van der Waals surface area (Å²) in [6.07, 6.45) is 5.03. The molecule has 2 fully saturated rings. The molecule has 1 N–H and O–H groups in total. The van der Waals surface area contributed by atoms with E-state index < -0.39 is 0 Å². The molecular formula is C21H32N2O4S. The van der Waals surface area contributed by atoms with Crippen LogP contribution in [0.5, 0.6) is 11.5 Å². The zero-order valence-corrected chi connectivity index (χ0v) is 17.8. The van der Waals surface area contributed by atoms with E-state index in [2.05, 4.69) is 10.2 Å². The summed E-state index contributed by atoms with van der Waals surface area (Å²) < 4.78 is 17.2. The van der Waals surface area contributed by atoms with E-state index in [9.17, 15) is 4.79 Å². The largest absolute Gasteiger partial charge is 0.492 e. The molecule has 28 heavy (non-hydrogen) atoms. The van der Waals surface area contributed by atoms with E-state index >= 15 is 0 Å². The van der Waals surface area contributed by atoms with E-state index in [1.165, 1.54) is 25.7 Å². The average Bonchev–Trinajstić information content (AvgIpc) is 3.23. The molecule has 2 aliphatic rings. The zero-order chi connectivity index (χ0) is 19.8. The Morgan fingerprint density at radius 1 is 1.14 bits per heavy atom. The summed E-state index contributed by atoms with van der Waals surface area (Å²) in [5.74, 6) is 1.95. The lowest BCUT2D eigenvalue weighted by molar-refractivity contribution is -0.113. The molecule has 0 atom stereocenters. The van der Waals surface area contributed by atoms with E-state index in [0.29, 0.717) is 48.9 Å². The van der Waals surface area contributed by atoms with Crippen molar-refractivity contribution < 1.29 is 19.0 Å². The molecule has 1 amide bonds. The normalized spacial score (nSPS) is 17.6. The highest BCUT2D eigenvalue weighted by atomic mass is 32.2. The van der Waals surface area contributed by atoms with Crippen molar-refractivity contribution >= 4 is 29.0 Å². The Kier molecular flexibility index (Phi) is 8.15. The smallest absolute Gasteiger partial charge is 0.234 e. The maximum Gasteiger partial charge on any atom is 0.234 e. The van der Waals surface area contributed by atoms with Gasteiger partial charge in [-0.05, 0) is 26.7 Å². The van der Waals surface area contributed by atoms with E-state index in [4.69, 9.17) is 14.2 Å². The molecule has 1 aromatic carbocycles. The van der Waals surface area contributed by atoms with Crippen LogP contribution in [0.15, 0.2) is 12.1 Å². The molecule has 1 saturated carbocycles. The Hall–Kier alpha value is -1.60. The summed E-state index contributed by atoms with van der Waals surface area (Å²) in [4.78, 5) is 14.8. The zero-order valence-electron chi connectivity index (χ0n) is 17.0. The van der Waals surface area contributed by atoms with Gasteiger partial charge in [-0.2, -0.15) is 0 Å². The molecule has 1 heterocycles. The molecule has 1 aliphatic heterocycles. The Bertz CT molecular complexity index is 644. The molecule has 0 aromatic heterocycles. The van der Waals surface area contributed by atoms with Crippen LogP contribution in [-0.4, -0.2) is 56.4 Å². The monoisotopic (exact) mass is 408 g/mol. The van der Waals surface area contributed by atoms with Crippen molar-refractivity contribution in [3.8, 4) is 11.5 Å². The van der Waals surface area contributed by atoms with Gasteiger partial charge < -0.3 is 24.4 Å². The fourth-order valence-electron chi connectivity index (χ4n) is 3.68. The Labute approximate surface area is 172 Å². The van der Waals surface area contributed by atoms with Gasteiger partial charge in [0.2, 0.25) is 5.91 Å². The molecule has 1 saturated heterocycles. The molecule has 1 aromatic rings. The van der Waals surface area contributed by atoms with Gasteiger partial charge in [-0.15, -0.1) is 11.8 Å². The minimum absolute atomic E-state index is 0.0134. The van der Waals surface area contributed by atoms with Crippen molar-refractivity contribution in [2.45, 2.75) is 44.8 Å². The molecular weight excluding hydrogens is 376 g/mol. The van der Waals surface area contributed by atoms with Crippen molar-refractivity contribution in [3.63, 3.8) is 0 Å². The van der Waals surface area contributed by atoms with Gasteiger partial charge in [-0.25, -0.2) is 0 Å². The van der Waals surface area contributed by atoms with Crippen LogP contribution in [0, 0.1) is 0 Å². The van der Waals surface area contributed by atoms with Crippen molar-refractivity contribution in [2.75, 3.05) is 55.5 Å².